The molecular formula is C16H11ClN2O4. The number of halogens is 1. The van der Waals surface area contributed by atoms with Gasteiger partial charge in [0.2, 0.25) is 17.1 Å². The van der Waals surface area contributed by atoms with Crippen LogP contribution in [0.25, 0.3) is 0 Å². The van der Waals surface area contributed by atoms with Crippen LogP contribution in [0.4, 0.5) is 0 Å². The van der Waals surface area contributed by atoms with Crippen molar-refractivity contribution in [3.63, 3.8) is 0 Å². The predicted octanol–water partition coefficient (Wildman–Crippen LogP) is 2.00. The van der Waals surface area contributed by atoms with Gasteiger partial charge in [0.15, 0.2) is 5.76 Å². The van der Waals surface area contributed by atoms with Crippen LogP contribution >= 0.6 is 11.6 Å². The normalized spacial score (nSPS) is 16.5. The number of hydrogen-bond donors (Lipinski definition) is 2. The lowest BCUT2D eigenvalue weighted by atomic mass is 9.87. The summed E-state index contributed by atoms with van der Waals surface area (Å²) in [6.45, 7) is -0.447. The fourth-order valence-corrected chi connectivity index (χ4v) is 2.58. The van der Waals surface area contributed by atoms with E-state index in [9.17, 15) is 15.2 Å². The Labute approximate surface area is 136 Å². The van der Waals surface area contributed by atoms with E-state index in [0.717, 1.165) is 6.07 Å². The van der Waals surface area contributed by atoms with Crippen molar-refractivity contribution in [1.29, 1.82) is 5.26 Å². The molecule has 0 spiro atoms. The summed E-state index contributed by atoms with van der Waals surface area (Å²) in [7, 11) is 0. The summed E-state index contributed by atoms with van der Waals surface area (Å²) in [5.41, 5.74) is 6.09. The van der Waals surface area contributed by atoms with Crippen LogP contribution in [0, 0.1) is 11.3 Å². The maximum absolute atomic E-state index is 12.1. The first-order valence-electron chi connectivity index (χ1n) is 6.66. The molecule has 3 N–H and O–H groups in total. The van der Waals surface area contributed by atoms with E-state index in [1.54, 1.807) is 24.3 Å². The quantitative estimate of drug-likeness (QED) is 0.871. The van der Waals surface area contributed by atoms with Crippen LogP contribution in [0.2, 0.25) is 5.02 Å². The topological polar surface area (TPSA) is 109 Å². The van der Waals surface area contributed by atoms with E-state index in [1.165, 1.54) is 0 Å². The minimum atomic E-state index is -0.708. The standard InChI is InChI=1S/C16H11ClN2O4/c17-9-3-1-8(2-4-9)13-11(6-18)16(19)23-14-12(21)5-10(7-20)22-15(13)14/h1-5,13,20H,7,19H2/t13-/m0/s1. The van der Waals surface area contributed by atoms with Gasteiger partial charge in [-0.2, -0.15) is 5.26 Å². The number of nitrogens with zero attached hydrogens (tertiary/aromatic N) is 1. The third-order valence-electron chi connectivity index (χ3n) is 3.49. The van der Waals surface area contributed by atoms with Gasteiger partial charge in [-0.1, -0.05) is 23.7 Å². The van der Waals surface area contributed by atoms with E-state index in [1.807, 2.05) is 6.07 Å². The molecule has 0 saturated heterocycles. The first kappa shape index (κ1) is 15.2. The minimum absolute atomic E-state index is 0.0778. The number of ether oxygens (including phenoxy) is 1. The third-order valence-corrected chi connectivity index (χ3v) is 3.74. The molecular weight excluding hydrogens is 320 g/mol. The number of aliphatic hydroxyl groups excluding tert-OH is 1. The molecule has 0 aliphatic carbocycles. The average molecular weight is 331 g/mol. The van der Waals surface area contributed by atoms with E-state index in [0.29, 0.717) is 10.6 Å². The minimum Gasteiger partial charge on any atom is -0.458 e. The molecule has 1 aromatic heterocycles. The Morgan fingerprint density at radius 3 is 2.65 bits per heavy atom. The first-order chi connectivity index (χ1) is 11.0. The van der Waals surface area contributed by atoms with E-state index in [-0.39, 0.29) is 28.7 Å². The van der Waals surface area contributed by atoms with Crippen molar-refractivity contribution < 1.29 is 14.3 Å². The molecule has 1 aliphatic rings. The van der Waals surface area contributed by atoms with Gasteiger partial charge in [0.25, 0.3) is 0 Å². The highest BCUT2D eigenvalue weighted by molar-refractivity contribution is 6.30. The molecule has 1 aromatic carbocycles. The zero-order valence-electron chi connectivity index (χ0n) is 11.7. The first-order valence-corrected chi connectivity index (χ1v) is 7.03. The van der Waals surface area contributed by atoms with Crippen molar-refractivity contribution in [3.05, 3.63) is 74.1 Å². The Hall–Kier alpha value is -2.75. The molecule has 7 heteroatoms. The van der Waals surface area contributed by atoms with Gasteiger partial charge in [-0.3, -0.25) is 4.79 Å². The number of allylic oxidation sites excluding steroid dienone is 1. The summed E-state index contributed by atoms with van der Waals surface area (Å²) in [5.74, 6) is -0.730. The van der Waals surface area contributed by atoms with Crippen LogP contribution in [0.3, 0.4) is 0 Å². The molecule has 0 bridgehead atoms. The van der Waals surface area contributed by atoms with Gasteiger partial charge in [-0.25, -0.2) is 0 Å². The Bertz CT molecular complexity index is 894. The number of hydrogen-bond acceptors (Lipinski definition) is 6. The number of nitrogens with two attached hydrogens (primary N) is 1. The van der Waals surface area contributed by atoms with Crippen LogP contribution in [0.5, 0.6) is 5.75 Å². The SMILES string of the molecule is N#CC1=C(N)Oc2c(oc(CO)cc2=O)[C@H]1c1ccc(Cl)cc1. The lowest BCUT2D eigenvalue weighted by Crippen LogP contribution is -2.25. The number of rotatable bonds is 2. The highest BCUT2D eigenvalue weighted by Crippen LogP contribution is 2.40. The van der Waals surface area contributed by atoms with Crippen molar-refractivity contribution in [3.8, 4) is 11.8 Å². The lowest BCUT2D eigenvalue weighted by Gasteiger charge is -2.24. The van der Waals surface area contributed by atoms with Gasteiger partial charge in [0.05, 0.1) is 5.92 Å². The fraction of sp³-hybridized carbons (Fsp3) is 0.125. The van der Waals surface area contributed by atoms with Gasteiger partial charge < -0.3 is 20.0 Å². The molecule has 6 nitrogen and oxygen atoms in total. The number of benzene rings is 1. The van der Waals surface area contributed by atoms with Gasteiger partial charge in [0.1, 0.15) is 24.0 Å². The highest BCUT2D eigenvalue weighted by Gasteiger charge is 2.35. The van der Waals surface area contributed by atoms with Crippen molar-refractivity contribution >= 4 is 11.6 Å². The summed E-state index contributed by atoms with van der Waals surface area (Å²) in [5, 5.41) is 19.2. The summed E-state index contributed by atoms with van der Waals surface area (Å²) in [4.78, 5) is 12.1. The molecule has 23 heavy (non-hydrogen) atoms. The summed E-state index contributed by atoms with van der Waals surface area (Å²) < 4.78 is 10.8. The van der Waals surface area contributed by atoms with Crippen molar-refractivity contribution in [1.82, 2.24) is 0 Å². The van der Waals surface area contributed by atoms with Crippen molar-refractivity contribution in [2.45, 2.75) is 12.5 Å². The Kier molecular flexibility index (Phi) is 3.82. The molecule has 0 fully saturated rings. The maximum atomic E-state index is 12.1. The van der Waals surface area contributed by atoms with Gasteiger partial charge in [-0.05, 0) is 17.7 Å². The van der Waals surface area contributed by atoms with Crippen molar-refractivity contribution in [2.75, 3.05) is 0 Å². The van der Waals surface area contributed by atoms with Crippen LogP contribution in [-0.2, 0) is 6.61 Å². The van der Waals surface area contributed by atoms with Gasteiger partial charge in [0, 0.05) is 11.1 Å². The number of nitriles is 1. The Morgan fingerprint density at radius 2 is 2.04 bits per heavy atom. The molecule has 0 saturated carbocycles. The summed E-state index contributed by atoms with van der Waals surface area (Å²) in [6, 6.07) is 9.84. The monoisotopic (exact) mass is 330 g/mol. The van der Waals surface area contributed by atoms with E-state index < -0.39 is 18.0 Å². The zero-order chi connectivity index (χ0) is 16.6. The third kappa shape index (κ3) is 2.57. The second-order valence-corrected chi connectivity index (χ2v) is 5.34. The van der Waals surface area contributed by atoms with Crippen LogP contribution in [0.1, 0.15) is 23.0 Å². The van der Waals surface area contributed by atoms with Crippen LogP contribution in [0.15, 0.2) is 51.0 Å². The molecule has 2 heterocycles. The molecule has 2 aromatic rings. The second kappa shape index (κ2) is 5.80. The van der Waals surface area contributed by atoms with Crippen LogP contribution in [-0.4, -0.2) is 5.11 Å². The highest BCUT2D eigenvalue weighted by atomic mass is 35.5. The molecule has 0 amide bonds. The molecule has 1 aliphatic heterocycles. The summed E-state index contributed by atoms with van der Waals surface area (Å²) in [6.07, 6.45) is 0. The molecule has 0 unspecified atom stereocenters. The average Bonchev–Trinajstić information content (AvgIpc) is 2.55. The van der Waals surface area contributed by atoms with Gasteiger partial charge >= 0.3 is 0 Å². The lowest BCUT2D eigenvalue weighted by molar-refractivity contribution is 0.231. The number of aliphatic hydroxyl groups is 1. The van der Waals surface area contributed by atoms with Crippen LogP contribution < -0.4 is 15.9 Å². The summed E-state index contributed by atoms with van der Waals surface area (Å²) >= 11 is 5.89. The molecule has 3 rings (SSSR count). The molecule has 116 valence electrons. The smallest absolute Gasteiger partial charge is 0.228 e. The zero-order valence-corrected chi connectivity index (χ0v) is 12.5. The van der Waals surface area contributed by atoms with Crippen molar-refractivity contribution in [2.24, 2.45) is 5.73 Å². The van der Waals surface area contributed by atoms with E-state index in [2.05, 4.69) is 0 Å². The van der Waals surface area contributed by atoms with Gasteiger partial charge in [-0.15, -0.1) is 0 Å². The molecule has 1 atom stereocenters. The Balaban J connectivity index is 2.28. The fourth-order valence-electron chi connectivity index (χ4n) is 2.45. The molecule has 0 radical (unpaired) electrons. The Morgan fingerprint density at radius 1 is 1.35 bits per heavy atom. The largest absolute Gasteiger partial charge is 0.458 e. The van der Waals surface area contributed by atoms with E-state index in [4.69, 9.17) is 26.5 Å². The number of fused-ring (bicyclic) bond motifs is 1. The maximum Gasteiger partial charge on any atom is 0.228 e. The van der Waals surface area contributed by atoms with E-state index >= 15 is 0 Å². The second-order valence-electron chi connectivity index (χ2n) is 4.90. The predicted molar refractivity (Wildman–Crippen MR) is 81.7 cm³/mol.